The number of anilines is 1. The Balaban J connectivity index is 2.92. The van der Waals surface area contributed by atoms with Crippen molar-refractivity contribution < 1.29 is 19.1 Å². The second-order valence-electron chi connectivity index (χ2n) is 9.33. The highest BCUT2D eigenvalue weighted by Gasteiger charge is 2.30. The number of para-hydroxylation sites is 1. The van der Waals surface area contributed by atoms with Gasteiger partial charge >= 0.3 is 5.97 Å². The number of rotatable bonds is 14. The van der Waals surface area contributed by atoms with E-state index in [2.05, 4.69) is 12.2 Å². The molecule has 6 nitrogen and oxygen atoms in total. The second kappa shape index (κ2) is 14.6. The molecule has 0 spiro atoms. The van der Waals surface area contributed by atoms with Gasteiger partial charge in [-0.2, -0.15) is 0 Å². The summed E-state index contributed by atoms with van der Waals surface area (Å²) in [6, 6.07) is 9.14. The minimum Gasteiger partial charge on any atom is -0.460 e. The molecule has 1 aromatic rings. The van der Waals surface area contributed by atoms with E-state index in [-0.39, 0.29) is 30.7 Å². The lowest BCUT2D eigenvalue weighted by Gasteiger charge is -2.28. The fourth-order valence-corrected chi connectivity index (χ4v) is 3.59. The normalized spacial score (nSPS) is 12.2. The van der Waals surface area contributed by atoms with Crippen LogP contribution in [-0.2, 0) is 19.1 Å². The summed E-state index contributed by atoms with van der Waals surface area (Å²) in [7, 11) is 1.55. The molecule has 1 atom stereocenters. The zero-order valence-corrected chi connectivity index (χ0v) is 20.6. The van der Waals surface area contributed by atoms with Crippen molar-refractivity contribution in [2.75, 3.05) is 18.5 Å². The molecule has 0 heterocycles. The summed E-state index contributed by atoms with van der Waals surface area (Å²) in [6.07, 6.45) is 8.56. The van der Waals surface area contributed by atoms with Gasteiger partial charge in [-0.15, -0.1) is 0 Å². The first kappa shape index (κ1) is 27.7. The van der Waals surface area contributed by atoms with Crippen LogP contribution in [0.15, 0.2) is 30.3 Å². The third-order valence-electron chi connectivity index (χ3n) is 5.25. The van der Waals surface area contributed by atoms with Gasteiger partial charge in [-0.3, -0.25) is 14.4 Å². The number of hydrogen-bond acceptors (Lipinski definition) is 4. The van der Waals surface area contributed by atoms with Crippen molar-refractivity contribution in [2.24, 2.45) is 5.92 Å². The summed E-state index contributed by atoms with van der Waals surface area (Å²) in [5.74, 6) is -1.37. The average Bonchev–Trinajstić information content (AvgIpc) is 2.74. The van der Waals surface area contributed by atoms with Crippen LogP contribution in [0.1, 0.15) is 85.5 Å². The van der Waals surface area contributed by atoms with Gasteiger partial charge in [0, 0.05) is 18.7 Å². The minimum absolute atomic E-state index is 0.0169. The van der Waals surface area contributed by atoms with Crippen LogP contribution >= 0.6 is 0 Å². The molecule has 0 aliphatic carbocycles. The predicted molar refractivity (Wildman–Crippen MR) is 129 cm³/mol. The van der Waals surface area contributed by atoms with E-state index in [0.717, 1.165) is 19.3 Å². The molecule has 1 rings (SSSR count). The van der Waals surface area contributed by atoms with Gasteiger partial charge in [0.2, 0.25) is 11.8 Å². The minimum atomic E-state index is -0.606. The smallest absolute Gasteiger partial charge is 0.307 e. The molecule has 0 bridgehead atoms. The maximum absolute atomic E-state index is 13.5. The van der Waals surface area contributed by atoms with Crippen LogP contribution in [0, 0.1) is 5.92 Å². The van der Waals surface area contributed by atoms with E-state index in [0.29, 0.717) is 12.1 Å². The number of carbonyl (C=O) groups excluding carboxylic acids is 3. The van der Waals surface area contributed by atoms with E-state index in [9.17, 15) is 14.4 Å². The van der Waals surface area contributed by atoms with Crippen molar-refractivity contribution in [3.8, 4) is 0 Å². The van der Waals surface area contributed by atoms with E-state index in [1.165, 1.54) is 30.6 Å². The number of likely N-dealkylation sites (N-methyl/N-ethyl adjacent to an activating group) is 1. The Bertz CT molecular complexity index is 698. The SMILES string of the molecule is CCCCCCCCC[C@H](CC(=O)OC(C)(C)C)C(=O)N(CC(=O)NC)c1ccccc1. The lowest BCUT2D eigenvalue weighted by Crippen LogP contribution is -2.43. The molecule has 0 aliphatic rings. The summed E-state index contributed by atoms with van der Waals surface area (Å²) in [5, 5.41) is 2.58. The van der Waals surface area contributed by atoms with Crippen molar-refractivity contribution in [1.82, 2.24) is 5.32 Å². The van der Waals surface area contributed by atoms with Crippen LogP contribution in [0.25, 0.3) is 0 Å². The van der Waals surface area contributed by atoms with E-state index in [1.807, 2.05) is 39.0 Å². The molecule has 1 N–H and O–H groups in total. The summed E-state index contributed by atoms with van der Waals surface area (Å²) >= 11 is 0. The topological polar surface area (TPSA) is 75.7 Å². The molecule has 0 aliphatic heterocycles. The standard InChI is InChI=1S/C26H42N2O4/c1-6-7-8-9-10-11-13-16-21(19-24(30)32-26(2,3)4)25(31)28(20-23(29)27-5)22-17-14-12-15-18-22/h12,14-15,17-18,21H,6-11,13,16,19-20H2,1-5H3,(H,27,29)/t21-/m1/s1. The van der Waals surface area contributed by atoms with Gasteiger partial charge in [-0.25, -0.2) is 0 Å². The summed E-state index contributed by atoms with van der Waals surface area (Å²) in [4.78, 5) is 39.7. The van der Waals surface area contributed by atoms with Gasteiger partial charge in [0.15, 0.2) is 0 Å². The monoisotopic (exact) mass is 446 g/mol. The van der Waals surface area contributed by atoms with Gasteiger partial charge in [0.1, 0.15) is 12.1 Å². The Morgan fingerprint density at radius 3 is 2.12 bits per heavy atom. The molecule has 32 heavy (non-hydrogen) atoms. The highest BCUT2D eigenvalue weighted by atomic mass is 16.6. The van der Waals surface area contributed by atoms with Crippen LogP contribution in [0.5, 0.6) is 0 Å². The van der Waals surface area contributed by atoms with Crippen LogP contribution in [-0.4, -0.2) is 37.0 Å². The largest absolute Gasteiger partial charge is 0.460 e. The van der Waals surface area contributed by atoms with Gasteiger partial charge in [-0.05, 0) is 39.3 Å². The highest BCUT2D eigenvalue weighted by molar-refractivity contribution is 6.01. The second-order valence-corrected chi connectivity index (χ2v) is 9.33. The van der Waals surface area contributed by atoms with Gasteiger partial charge in [0.05, 0.1) is 6.42 Å². The van der Waals surface area contributed by atoms with Crippen LogP contribution in [0.4, 0.5) is 5.69 Å². The molecule has 0 fully saturated rings. The lowest BCUT2D eigenvalue weighted by atomic mass is 9.95. The van der Waals surface area contributed by atoms with Gasteiger partial charge in [0.25, 0.3) is 0 Å². The number of amides is 2. The number of carbonyl (C=O) groups is 3. The van der Waals surface area contributed by atoms with Crippen molar-refractivity contribution in [2.45, 2.75) is 91.1 Å². The molecule has 2 amide bonds. The van der Waals surface area contributed by atoms with Crippen molar-refractivity contribution in [1.29, 1.82) is 0 Å². The molecule has 180 valence electrons. The maximum Gasteiger partial charge on any atom is 0.307 e. The first-order chi connectivity index (χ1) is 15.2. The number of benzene rings is 1. The Morgan fingerprint density at radius 2 is 1.56 bits per heavy atom. The Kier molecular flexibility index (Phi) is 12.7. The van der Waals surface area contributed by atoms with E-state index in [4.69, 9.17) is 4.74 Å². The third kappa shape index (κ3) is 11.3. The third-order valence-corrected chi connectivity index (χ3v) is 5.25. The van der Waals surface area contributed by atoms with Crippen molar-refractivity contribution >= 4 is 23.5 Å². The first-order valence-electron chi connectivity index (χ1n) is 12.0. The number of nitrogens with one attached hydrogen (secondary N) is 1. The van der Waals surface area contributed by atoms with Crippen molar-refractivity contribution in [3.63, 3.8) is 0 Å². The van der Waals surface area contributed by atoms with Crippen molar-refractivity contribution in [3.05, 3.63) is 30.3 Å². The summed E-state index contributed by atoms with van der Waals surface area (Å²) in [6.45, 7) is 7.57. The lowest BCUT2D eigenvalue weighted by molar-refractivity contribution is -0.157. The number of nitrogens with zero attached hydrogens (tertiary/aromatic N) is 1. The summed E-state index contributed by atoms with van der Waals surface area (Å²) in [5.41, 5.74) is 0.0420. The maximum atomic E-state index is 13.5. The molecule has 1 aromatic carbocycles. The fraction of sp³-hybridized carbons (Fsp3) is 0.654. The predicted octanol–water partition coefficient (Wildman–Crippen LogP) is 5.25. The van der Waals surface area contributed by atoms with E-state index >= 15 is 0 Å². The Hall–Kier alpha value is -2.37. The molecule has 0 saturated carbocycles. The van der Waals surface area contributed by atoms with Gasteiger partial charge in [-0.1, -0.05) is 70.1 Å². The summed E-state index contributed by atoms with van der Waals surface area (Å²) < 4.78 is 5.49. The van der Waals surface area contributed by atoms with E-state index < -0.39 is 11.5 Å². The molecule has 0 radical (unpaired) electrons. The quantitative estimate of drug-likeness (QED) is 0.313. The molecular weight excluding hydrogens is 404 g/mol. The number of ether oxygens (including phenoxy) is 1. The average molecular weight is 447 g/mol. The Morgan fingerprint density at radius 1 is 0.969 bits per heavy atom. The number of hydrogen-bond donors (Lipinski definition) is 1. The number of unbranched alkanes of at least 4 members (excludes halogenated alkanes) is 6. The zero-order chi connectivity index (χ0) is 24.0. The molecular formula is C26H42N2O4. The van der Waals surface area contributed by atoms with Crippen LogP contribution in [0.2, 0.25) is 0 Å². The highest BCUT2D eigenvalue weighted by Crippen LogP contribution is 2.24. The first-order valence-corrected chi connectivity index (χ1v) is 12.0. The van der Waals surface area contributed by atoms with Gasteiger partial charge < -0.3 is 15.0 Å². The zero-order valence-electron chi connectivity index (χ0n) is 20.6. The molecule has 0 unspecified atom stereocenters. The molecule has 0 saturated heterocycles. The van der Waals surface area contributed by atoms with E-state index in [1.54, 1.807) is 19.2 Å². The van der Waals surface area contributed by atoms with Crippen LogP contribution in [0.3, 0.4) is 0 Å². The molecule has 6 heteroatoms. The fourth-order valence-electron chi connectivity index (χ4n) is 3.59. The van der Waals surface area contributed by atoms with Crippen LogP contribution < -0.4 is 10.2 Å². The molecule has 0 aromatic heterocycles. The number of esters is 1. The Labute approximate surface area is 194 Å².